The Labute approximate surface area is 193 Å². The standard InChI is InChI=1S/C24H20BrN3O2S/c1-16-8-9-17(2)28(16)19-12-10-18(11-13-19)23(29)27-26-15-20-14-22(25)24(30-20)31-21-6-4-3-5-7-21/h3-15H,1-2H3,(H,27,29)/b26-15-. The number of carbonyl (C=O) groups excluding carboxylic acids is 1. The maximum absolute atomic E-state index is 12.4. The van der Waals surface area contributed by atoms with Crippen molar-refractivity contribution in [1.29, 1.82) is 0 Å². The largest absolute Gasteiger partial charge is 0.447 e. The van der Waals surface area contributed by atoms with E-state index >= 15 is 0 Å². The van der Waals surface area contributed by atoms with Gasteiger partial charge in [0.25, 0.3) is 5.91 Å². The molecule has 0 bridgehead atoms. The van der Waals surface area contributed by atoms with Crippen LogP contribution in [0.15, 0.2) is 96.8 Å². The van der Waals surface area contributed by atoms with Crippen LogP contribution in [0, 0.1) is 13.8 Å². The van der Waals surface area contributed by atoms with E-state index in [1.165, 1.54) is 18.0 Å². The van der Waals surface area contributed by atoms with Gasteiger partial charge in [-0.2, -0.15) is 5.10 Å². The van der Waals surface area contributed by atoms with Crippen molar-refractivity contribution < 1.29 is 9.21 Å². The number of aryl methyl sites for hydroxylation is 2. The van der Waals surface area contributed by atoms with E-state index in [9.17, 15) is 4.79 Å². The first-order valence-corrected chi connectivity index (χ1v) is 11.2. The number of amides is 1. The zero-order valence-electron chi connectivity index (χ0n) is 17.0. The van der Waals surface area contributed by atoms with Crippen molar-refractivity contribution in [3.63, 3.8) is 0 Å². The van der Waals surface area contributed by atoms with Crippen LogP contribution in [-0.4, -0.2) is 16.7 Å². The number of furan rings is 1. The molecule has 0 aliphatic rings. The average Bonchev–Trinajstić information content (AvgIpc) is 3.29. The molecule has 4 aromatic rings. The zero-order chi connectivity index (χ0) is 21.8. The number of nitrogens with zero attached hydrogens (tertiary/aromatic N) is 2. The van der Waals surface area contributed by atoms with Gasteiger partial charge in [0.15, 0.2) is 5.09 Å². The van der Waals surface area contributed by atoms with Crippen LogP contribution >= 0.6 is 27.7 Å². The first-order valence-electron chi connectivity index (χ1n) is 9.62. The fraction of sp³-hybridized carbons (Fsp3) is 0.0833. The summed E-state index contributed by atoms with van der Waals surface area (Å²) in [5, 5.41) is 4.75. The van der Waals surface area contributed by atoms with Crippen LogP contribution < -0.4 is 5.43 Å². The van der Waals surface area contributed by atoms with Crippen LogP contribution in [0.1, 0.15) is 27.5 Å². The summed E-state index contributed by atoms with van der Waals surface area (Å²) >= 11 is 5.01. The first-order chi connectivity index (χ1) is 15.0. The van der Waals surface area contributed by atoms with Crippen LogP contribution in [-0.2, 0) is 0 Å². The third-order valence-electron chi connectivity index (χ3n) is 4.65. The number of aromatic nitrogens is 1. The van der Waals surface area contributed by atoms with Crippen molar-refractivity contribution in [3.05, 3.63) is 100.0 Å². The Kier molecular flexibility index (Phi) is 6.44. The molecule has 2 aromatic heterocycles. The zero-order valence-corrected chi connectivity index (χ0v) is 19.4. The second-order valence-corrected chi connectivity index (χ2v) is 8.80. The van der Waals surface area contributed by atoms with Gasteiger partial charge in [-0.3, -0.25) is 4.79 Å². The number of carbonyl (C=O) groups is 1. The number of halogens is 1. The number of nitrogens with one attached hydrogen (secondary N) is 1. The minimum atomic E-state index is -0.284. The number of benzene rings is 2. The monoisotopic (exact) mass is 493 g/mol. The second-order valence-electron chi connectivity index (χ2n) is 6.90. The van der Waals surface area contributed by atoms with Crippen molar-refractivity contribution in [2.24, 2.45) is 5.10 Å². The second kappa shape index (κ2) is 9.41. The van der Waals surface area contributed by atoms with Gasteiger partial charge in [0.05, 0.1) is 10.7 Å². The summed E-state index contributed by atoms with van der Waals surface area (Å²) in [4.78, 5) is 13.5. The van der Waals surface area contributed by atoms with E-state index in [1.807, 2.05) is 48.5 Å². The third kappa shape index (κ3) is 5.00. The predicted octanol–water partition coefficient (Wildman–Crippen LogP) is 6.36. The number of hydrogen-bond donors (Lipinski definition) is 1. The van der Waals surface area contributed by atoms with E-state index in [2.05, 4.69) is 57.0 Å². The van der Waals surface area contributed by atoms with E-state index in [0.717, 1.165) is 31.5 Å². The summed E-state index contributed by atoms with van der Waals surface area (Å²) in [5.41, 5.74) is 6.39. The van der Waals surface area contributed by atoms with Crippen molar-refractivity contribution in [2.75, 3.05) is 0 Å². The summed E-state index contributed by atoms with van der Waals surface area (Å²) < 4.78 is 8.77. The Hall–Kier alpha value is -3.03. The van der Waals surface area contributed by atoms with Gasteiger partial charge in [0.1, 0.15) is 5.76 Å². The molecule has 1 N–H and O–H groups in total. The molecule has 0 saturated carbocycles. The minimum absolute atomic E-state index is 0.284. The molecule has 0 saturated heterocycles. The average molecular weight is 494 g/mol. The van der Waals surface area contributed by atoms with Gasteiger partial charge in [-0.05, 0) is 78.3 Å². The fourth-order valence-electron chi connectivity index (χ4n) is 3.15. The molecule has 31 heavy (non-hydrogen) atoms. The highest BCUT2D eigenvalue weighted by molar-refractivity contribution is 9.10. The number of hydrogen-bond acceptors (Lipinski definition) is 4. The molecule has 5 nitrogen and oxygen atoms in total. The van der Waals surface area contributed by atoms with Gasteiger partial charge < -0.3 is 8.98 Å². The molecule has 0 atom stereocenters. The highest BCUT2D eigenvalue weighted by atomic mass is 79.9. The molecule has 0 aliphatic carbocycles. The van der Waals surface area contributed by atoms with E-state index in [1.54, 1.807) is 12.1 Å². The maximum Gasteiger partial charge on any atom is 0.271 e. The van der Waals surface area contributed by atoms with Crippen LogP contribution in [0.4, 0.5) is 0 Å². The Balaban J connectivity index is 1.39. The molecule has 156 valence electrons. The normalized spacial score (nSPS) is 11.2. The summed E-state index contributed by atoms with van der Waals surface area (Å²) in [6, 6.07) is 23.3. The summed E-state index contributed by atoms with van der Waals surface area (Å²) in [5.74, 6) is 0.257. The maximum atomic E-state index is 12.4. The van der Waals surface area contributed by atoms with E-state index in [0.29, 0.717) is 11.3 Å². The molecule has 0 aliphatic heterocycles. The molecule has 0 radical (unpaired) electrons. The van der Waals surface area contributed by atoms with E-state index in [-0.39, 0.29) is 5.91 Å². The summed E-state index contributed by atoms with van der Waals surface area (Å²) in [7, 11) is 0. The lowest BCUT2D eigenvalue weighted by molar-refractivity contribution is 0.0955. The predicted molar refractivity (Wildman–Crippen MR) is 127 cm³/mol. The van der Waals surface area contributed by atoms with Gasteiger partial charge in [-0.15, -0.1) is 0 Å². The van der Waals surface area contributed by atoms with Crippen LogP contribution in [0.5, 0.6) is 0 Å². The highest BCUT2D eigenvalue weighted by Crippen LogP contribution is 2.35. The van der Waals surface area contributed by atoms with Crippen LogP contribution in [0.25, 0.3) is 5.69 Å². The quantitative estimate of drug-likeness (QED) is 0.251. The first kappa shape index (κ1) is 21.2. The number of rotatable bonds is 6. The van der Waals surface area contributed by atoms with Crippen molar-refractivity contribution in [3.8, 4) is 5.69 Å². The Morgan fingerprint density at radius 2 is 1.71 bits per heavy atom. The SMILES string of the molecule is Cc1ccc(C)n1-c1ccc(C(=O)N/N=C\c2cc(Br)c(Sc3ccccc3)o2)cc1. The van der Waals surface area contributed by atoms with Gasteiger partial charge in [-0.1, -0.05) is 30.0 Å². The van der Waals surface area contributed by atoms with E-state index < -0.39 is 0 Å². The van der Waals surface area contributed by atoms with Crippen LogP contribution in [0.3, 0.4) is 0 Å². The van der Waals surface area contributed by atoms with Gasteiger partial charge in [0, 0.05) is 33.6 Å². The molecule has 0 fully saturated rings. The van der Waals surface area contributed by atoms with Gasteiger partial charge >= 0.3 is 0 Å². The molecular weight excluding hydrogens is 474 g/mol. The van der Waals surface area contributed by atoms with Crippen LogP contribution in [0.2, 0.25) is 0 Å². The smallest absolute Gasteiger partial charge is 0.271 e. The minimum Gasteiger partial charge on any atom is -0.447 e. The molecule has 0 unspecified atom stereocenters. The number of hydrazone groups is 1. The lowest BCUT2D eigenvalue weighted by Gasteiger charge is -2.09. The van der Waals surface area contributed by atoms with E-state index in [4.69, 9.17) is 4.42 Å². The van der Waals surface area contributed by atoms with Crippen molar-refractivity contribution in [2.45, 2.75) is 23.8 Å². The highest BCUT2D eigenvalue weighted by Gasteiger charge is 2.10. The topological polar surface area (TPSA) is 59.5 Å². The molecule has 0 spiro atoms. The molecule has 2 aromatic carbocycles. The molecule has 1 amide bonds. The van der Waals surface area contributed by atoms with Gasteiger partial charge in [-0.25, -0.2) is 5.43 Å². The van der Waals surface area contributed by atoms with Crippen molar-refractivity contribution >= 4 is 39.8 Å². The summed E-state index contributed by atoms with van der Waals surface area (Å²) in [6.45, 7) is 4.11. The third-order valence-corrected chi connectivity index (χ3v) is 6.49. The Morgan fingerprint density at radius 3 is 2.39 bits per heavy atom. The lowest BCUT2D eigenvalue weighted by atomic mass is 10.2. The molecule has 4 rings (SSSR count). The Morgan fingerprint density at radius 1 is 1.03 bits per heavy atom. The van der Waals surface area contributed by atoms with Gasteiger partial charge in [0.2, 0.25) is 0 Å². The molecule has 2 heterocycles. The summed E-state index contributed by atoms with van der Waals surface area (Å²) in [6.07, 6.45) is 1.48. The van der Waals surface area contributed by atoms with Crippen molar-refractivity contribution in [1.82, 2.24) is 9.99 Å². The molecular formula is C24H20BrN3O2S. The molecule has 7 heteroatoms. The Bertz CT molecular complexity index is 1210. The fourth-order valence-corrected chi connectivity index (χ4v) is 4.51. The lowest BCUT2D eigenvalue weighted by Crippen LogP contribution is -2.17.